The van der Waals surface area contributed by atoms with E-state index in [0.29, 0.717) is 42.2 Å². The third-order valence-electron chi connectivity index (χ3n) is 4.95. The highest BCUT2D eigenvalue weighted by molar-refractivity contribution is 5.96. The second kappa shape index (κ2) is 9.05. The predicted octanol–water partition coefficient (Wildman–Crippen LogP) is 2.91. The number of aromatic nitrogens is 1. The van der Waals surface area contributed by atoms with Crippen molar-refractivity contribution >= 4 is 11.9 Å². The number of hydrogen-bond donors (Lipinski definition) is 2. The molecule has 0 spiro atoms. The van der Waals surface area contributed by atoms with Crippen LogP contribution in [0.2, 0.25) is 0 Å². The average Bonchev–Trinajstić information content (AvgIpc) is 3.41. The van der Waals surface area contributed by atoms with Gasteiger partial charge in [0, 0.05) is 18.8 Å². The third kappa shape index (κ3) is 4.95. The molecule has 1 aliphatic carbocycles. The van der Waals surface area contributed by atoms with Crippen molar-refractivity contribution in [2.24, 2.45) is 0 Å². The minimum Gasteiger partial charge on any atom is -0.479 e. The summed E-state index contributed by atoms with van der Waals surface area (Å²) in [5, 5.41) is 11.8. The molecular formula is C22H22N2O7. The molecule has 2 heterocycles. The van der Waals surface area contributed by atoms with Crippen LogP contribution in [-0.4, -0.2) is 47.5 Å². The van der Waals surface area contributed by atoms with E-state index in [4.69, 9.17) is 24.1 Å². The largest absolute Gasteiger partial charge is 0.479 e. The van der Waals surface area contributed by atoms with E-state index in [1.54, 1.807) is 36.5 Å². The highest BCUT2D eigenvalue weighted by atomic mass is 16.7. The molecule has 2 N–H and O–H groups in total. The van der Waals surface area contributed by atoms with E-state index in [1.165, 1.54) is 6.92 Å². The molecule has 0 saturated carbocycles. The monoisotopic (exact) mass is 426 g/mol. The molecule has 0 saturated heterocycles. The number of rotatable bonds is 8. The van der Waals surface area contributed by atoms with Crippen LogP contribution in [0.3, 0.4) is 0 Å². The molecule has 4 rings (SSSR count). The molecule has 31 heavy (non-hydrogen) atoms. The molecule has 2 atom stereocenters. The Hall–Kier alpha value is -3.59. The number of carboxylic acids is 1. The molecule has 9 heteroatoms. The smallest absolute Gasteiger partial charge is 0.332 e. The molecule has 1 aromatic carbocycles. The van der Waals surface area contributed by atoms with Crippen molar-refractivity contribution in [3.63, 3.8) is 0 Å². The van der Waals surface area contributed by atoms with Gasteiger partial charge in [0.15, 0.2) is 17.6 Å². The number of amides is 1. The van der Waals surface area contributed by atoms with Crippen molar-refractivity contribution in [3.8, 4) is 23.1 Å². The summed E-state index contributed by atoms with van der Waals surface area (Å²) in [4.78, 5) is 27.8. The summed E-state index contributed by atoms with van der Waals surface area (Å²) >= 11 is 0. The normalized spacial score (nSPS) is 17.7. The summed E-state index contributed by atoms with van der Waals surface area (Å²) in [7, 11) is 0. The van der Waals surface area contributed by atoms with Crippen LogP contribution >= 0.6 is 0 Å². The lowest BCUT2D eigenvalue weighted by molar-refractivity contribution is -0.152. The van der Waals surface area contributed by atoms with Crippen LogP contribution in [0.15, 0.2) is 48.2 Å². The van der Waals surface area contributed by atoms with Gasteiger partial charge in [0.05, 0.1) is 6.10 Å². The number of benzene rings is 1. The molecule has 1 aliphatic heterocycles. The van der Waals surface area contributed by atoms with E-state index in [2.05, 4.69) is 10.3 Å². The quantitative estimate of drug-likeness (QED) is 0.619. The van der Waals surface area contributed by atoms with E-state index < -0.39 is 12.1 Å². The van der Waals surface area contributed by atoms with Crippen molar-refractivity contribution in [2.45, 2.75) is 32.0 Å². The second-order valence-corrected chi connectivity index (χ2v) is 7.20. The maximum absolute atomic E-state index is 12.7. The lowest BCUT2D eigenvalue weighted by atomic mass is 10.2. The minimum atomic E-state index is -0.992. The van der Waals surface area contributed by atoms with Gasteiger partial charge < -0.3 is 29.4 Å². The Bertz CT molecular complexity index is 1020. The molecule has 9 nitrogen and oxygen atoms in total. The number of fused-ring (bicyclic) bond motifs is 1. The Morgan fingerprint density at radius 2 is 2.13 bits per heavy atom. The van der Waals surface area contributed by atoms with Gasteiger partial charge >= 0.3 is 5.97 Å². The number of pyridine rings is 1. The van der Waals surface area contributed by atoms with Crippen LogP contribution in [-0.2, 0) is 9.53 Å². The van der Waals surface area contributed by atoms with Gasteiger partial charge in [0.2, 0.25) is 12.7 Å². The number of nitrogens with zero attached hydrogens (tertiary/aromatic N) is 1. The first kappa shape index (κ1) is 20.7. The van der Waals surface area contributed by atoms with Gasteiger partial charge in [0.1, 0.15) is 11.3 Å². The van der Waals surface area contributed by atoms with Crippen molar-refractivity contribution < 1.29 is 33.6 Å². The zero-order chi connectivity index (χ0) is 21.8. The maximum atomic E-state index is 12.7. The number of aliphatic carboxylic acids is 1. The number of carbonyl (C=O) groups excluding carboxylic acids is 1. The summed E-state index contributed by atoms with van der Waals surface area (Å²) in [5.41, 5.74) is 1.28. The Kier molecular flexibility index (Phi) is 6.03. The van der Waals surface area contributed by atoms with Crippen LogP contribution in [0.5, 0.6) is 23.1 Å². The first-order valence-electron chi connectivity index (χ1n) is 9.86. The zero-order valence-corrected chi connectivity index (χ0v) is 16.9. The first-order valence-corrected chi connectivity index (χ1v) is 9.86. The van der Waals surface area contributed by atoms with Crippen molar-refractivity contribution in [1.82, 2.24) is 10.3 Å². The predicted molar refractivity (Wildman–Crippen MR) is 108 cm³/mol. The molecule has 1 aromatic heterocycles. The van der Waals surface area contributed by atoms with Crippen molar-refractivity contribution in [3.05, 3.63) is 53.7 Å². The first-order chi connectivity index (χ1) is 15.0. The van der Waals surface area contributed by atoms with E-state index in [9.17, 15) is 9.59 Å². The highest BCUT2D eigenvalue weighted by Gasteiger charge is 2.24. The minimum absolute atomic E-state index is 0.160. The van der Waals surface area contributed by atoms with Gasteiger partial charge in [-0.15, -0.1) is 0 Å². The summed E-state index contributed by atoms with van der Waals surface area (Å²) in [6.07, 6.45) is 3.65. The second-order valence-electron chi connectivity index (χ2n) is 7.20. The fourth-order valence-corrected chi connectivity index (χ4v) is 3.34. The molecule has 0 radical (unpaired) electrons. The fraction of sp³-hybridized carbons (Fsp3) is 0.318. The molecule has 1 amide bonds. The van der Waals surface area contributed by atoms with Gasteiger partial charge in [0.25, 0.3) is 5.91 Å². The summed E-state index contributed by atoms with van der Waals surface area (Å²) < 4.78 is 21.9. The molecule has 162 valence electrons. The molecule has 0 bridgehead atoms. The molecule has 0 fully saturated rings. The Morgan fingerprint density at radius 3 is 2.97 bits per heavy atom. The molecule has 2 aliphatic rings. The molecular weight excluding hydrogens is 404 g/mol. The van der Waals surface area contributed by atoms with Gasteiger partial charge in [-0.1, -0.05) is 11.6 Å². The number of ether oxygens (including phenoxy) is 4. The SMILES string of the molecule is CC(OC1CC=C(CNC(=O)c2cccnc2Oc2ccc3c(c2)OCO3)C1)C(=O)O. The molecule has 2 unspecified atom stereocenters. The number of hydrogen-bond acceptors (Lipinski definition) is 7. The Balaban J connectivity index is 1.35. The number of nitrogens with one attached hydrogen (secondary N) is 1. The third-order valence-corrected chi connectivity index (χ3v) is 4.95. The Morgan fingerprint density at radius 1 is 1.29 bits per heavy atom. The van der Waals surface area contributed by atoms with Crippen molar-refractivity contribution in [1.29, 1.82) is 0 Å². The van der Waals surface area contributed by atoms with Gasteiger partial charge in [-0.25, -0.2) is 9.78 Å². The van der Waals surface area contributed by atoms with Crippen LogP contribution in [0.25, 0.3) is 0 Å². The summed E-state index contributed by atoms with van der Waals surface area (Å²) in [6.45, 7) is 2.00. The lowest BCUT2D eigenvalue weighted by Crippen LogP contribution is -2.28. The lowest BCUT2D eigenvalue weighted by Gasteiger charge is -2.16. The van der Waals surface area contributed by atoms with E-state index >= 15 is 0 Å². The maximum Gasteiger partial charge on any atom is 0.332 e. The standard InChI is InChI=1S/C22H22N2O7/c1-13(22(26)27)30-15-5-4-14(9-15)11-24-20(25)17-3-2-8-23-21(17)31-16-6-7-18-19(10-16)29-12-28-18/h2-4,6-8,10,13,15H,5,9,11-12H2,1H3,(H,24,25)(H,26,27). The molecule has 2 aromatic rings. The van der Waals surface area contributed by atoms with Crippen LogP contribution in [0, 0.1) is 0 Å². The van der Waals surface area contributed by atoms with E-state index in [-0.39, 0.29) is 24.7 Å². The number of carbonyl (C=O) groups is 2. The van der Waals surface area contributed by atoms with Crippen LogP contribution < -0.4 is 19.5 Å². The topological polar surface area (TPSA) is 116 Å². The average molecular weight is 426 g/mol. The van der Waals surface area contributed by atoms with Crippen LogP contribution in [0.1, 0.15) is 30.1 Å². The van der Waals surface area contributed by atoms with Crippen molar-refractivity contribution in [2.75, 3.05) is 13.3 Å². The Labute approximate surface area is 178 Å². The van der Waals surface area contributed by atoms with Gasteiger partial charge in [-0.3, -0.25) is 4.79 Å². The summed E-state index contributed by atoms with van der Waals surface area (Å²) in [5.74, 6) is 0.540. The van der Waals surface area contributed by atoms with Gasteiger partial charge in [-0.05, 0) is 44.0 Å². The van der Waals surface area contributed by atoms with E-state index in [0.717, 1.165) is 5.57 Å². The van der Waals surface area contributed by atoms with Gasteiger partial charge in [-0.2, -0.15) is 0 Å². The van der Waals surface area contributed by atoms with E-state index in [1.807, 2.05) is 6.08 Å². The zero-order valence-electron chi connectivity index (χ0n) is 16.9. The highest BCUT2D eigenvalue weighted by Crippen LogP contribution is 2.36. The summed E-state index contributed by atoms with van der Waals surface area (Å²) in [6, 6.07) is 8.42. The number of carboxylic acid groups (broad SMARTS) is 1. The van der Waals surface area contributed by atoms with Crippen LogP contribution in [0.4, 0.5) is 0 Å². The fourth-order valence-electron chi connectivity index (χ4n) is 3.34.